The van der Waals surface area contributed by atoms with Gasteiger partial charge in [0, 0.05) is 19.2 Å². The van der Waals surface area contributed by atoms with Gasteiger partial charge in [-0.25, -0.2) is 0 Å². The van der Waals surface area contributed by atoms with E-state index in [4.69, 9.17) is 0 Å². The Kier molecular flexibility index (Phi) is 2.15. The first-order chi connectivity index (χ1) is 11.8. The maximum Gasteiger partial charge on any atom is 0.229 e. The highest BCUT2D eigenvalue weighted by Gasteiger charge is 2.28. The van der Waals surface area contributed by atoms with Gasteiger partial charge in [-0.1, -0.05) is 35.8 Å². The second-order valence-electron chi connectivity index (χ2n) is 6.59. The highest BCUT2D eigenvalue weighted by molar-refractivity contribution is 7.14. The molecule has 6 rings (SSSR count). The van der Waals surface area contributed by atoms with Crippen LogP contribution in [-0.4, -0.2) is 3.96 Å². The first-order valence-corrected chi connectivity index (χ1v) is 8.98. The molecule has 0 radical (unpaired) electrons. The number of aryl methyl sites for hydroxylation is 2. The molecule has 0 amide bonds. The van der Waals surface area contributed by atoms with Gasteiger partial charge >= 0.3 is 0 Å². The third-order valence-corrected chi connectivity index (χ3v) is 6.31. The van der Waals surface area contributed by atoms with E-state index in [0.717, 1.165) is 0 Å². The molecule has 0 atom stereocenters. The van der Waals surface area contributed by atoms with Crippen LogP contribution in [0.4, 0.5) is 0 Å². The van der Waals surface area contributed by atoms with Crippen LogP contribution < -0.4 is 4.40 Å². The summed E-state index contributed by atoms with van der Waals surface area (Å²) in [7, 11) is 2.18. The topological polar surface area (TPSA) is 9.03 Å². The fraction of sp³-hybridized carbons (Fsp3) is 0.0952. The van der Waals surface area contributed by atoms with Crippen LogP contribution in [0.3, 0.4) is 0 Å². The van der Waals surface area contributed by atoms with Crippen LogP contribution in [0.25, 0.3) is 48.3 Å². The molecule has 0 bridgehead atoms. The smallest absolute Gasteiger partial charge is 0.229 e. The molecule has 0 aliphatic carbocycles. The van der Waals surface area contributed by atoms with Crippen molar-refractivity contribution in [1.29, 1.82) is 0 Å². The lowest BCUT2D eigenvalue weighted by Crippen LogP contribution is -2.21. The van der Waals surface area contributed by atoms with Crippen LogP contribution in [0, 0.1) is 6.92 Å². The monoisotopic (exact) mass is 327 g/mol. The van der Waals surface area contributed by atoms with Gasteiger partial charge in [0.1, 0.15) is 0 Å². The second-order valence-corrected chi connectivity index (χ2v) is 7.76. The van der Waals surface area contributed by atoms with Crippen LogP contribution in [0.2, 0.25) is 0 Å². The number of hydrogen-bond donors (Lipinski definition) is 0. The SMILES string of the molecule is Cc1ccc2c3ccccc3[n+]3c4cccc5sn(C)c(c1c23)c54. The van der Waals surface area contributed by atoms with Crippen molar-refractivity contribution in [3.8, 4) is 0 Å². The van der Waals surface area contributed by atoms with Crippen molar-refractivity contribution in [2.75, 3.05) is 0 Å². The van der Waals surface area contributed by atoms with Crippen molar-refractivity contribution in [3.05, 3.63) is 60.2 Å². The minimum atomic E-state index is 1.30. The van der Waals surface area contributed by atoms with E-state index in [0.29, 0.717) is 0 Å². The zero-order chi connectivity index (χ0) is 16.0. The molecule has 24 heavy (non-hydrogen) atoms. The van der Waals surface area contributed by atoms with Crippen LogP contribution in [0.1, 0.15) is 5.56 Å². The number of aromatic nitrogens is 2. The molecule has 0 fully saturated rings. The van der Waals surface area contributed by atoms with E-state index < -0.39 is 0 Å². The fourth-order valence-corrected chi connectivity index (χ4v) is 5.36. The molecule has 6 aromatic rings. The van der Waals surface area contributed by atoms with Gasteiger partial charge in [-0.05, 0) is 30.7 Å². The Hall–Kier alpha value is -2.65. The highest BCUT2D eigenvalue weighted by Crippen LogP contribution is 2.39. The molecular formula is C21H15N2S+. The number of hydrogen-bond acceptors (Lipinski definition) is 1. The van der Waals surface area contributed by atoms with E-state index >= 15 is 0 Å². The van der Waals surface area contributed by atoms with Crippen molar-refractivity contribution >= 4 is 59.8 Å². The predicted molar refractivity (Wildman–Crippen MR) is 102 cm³/mol. The summed E-state index contributed by atoms with van der Waals surface area (Å²) in [6.07, 6.45) is 0. The summed E-state index contributed by atoms with van der Waals surface area (Å²) in [5, 5.41) is 5.45. The lowest BCUT2D eigenvalue weighted by Gasteiger charge is -2.04. The van der Waals surface area contributed by atoms with E-state index in [9.17, 15) is 0 Å². The average molecular weight is 327 g/mol. The summed E-state index contributed by atoms with van der Waals surface area (Å²) >= 11 is 1.83. The molecule has 0 aliphatic heterocycles. The average Bonchev–Trinajstić information content (AvgIpc) is 3.11. The van der Waals surface area contributed by atoms with E-state index in [-0.39, 0.29) is 0 Å². The summed E-state index contributed by atoms with van der Waals surface area (Å²) in [6, 6.07) is 20.0. The number of pyridine rings is 1. The van der Waals surface area contributed by atoms with Crippen LogP contribution >= 0.6 is 11.5 Å². The molecule has 114 valence electrons. The molecule has 3 heterocycles. The molecule has 0 aliphatic rings. The summed E-state index contributed by atoms with van der Waals surface area (Å²) in [6.45, 7) is 2.23. The first kappa shape index (κ1) is 12.7. The number of rotatable bonds is 0. The summed E-state index contributed by atoms with van der Waals surface area (Å²) in [5.74, 6) is 0. The Morgan fingerprint density at radius 1 is 0.833 bits per heavy atom. The Morgan fingerprint density at radius 2 is 1.67 bits per heavy atom. The second kappa shape index (κ2) is 4.05. The minimum Gasteiger partial charge on any atom is -0.299 e. The number of nitrogens with zero attached hydrogens (tertiary/aromatic N) is 2. The Bertz CT molecular complexity index is 1420. The van der Waals surface area contributed by atoms with Gasteiger partial charge in [-0.3, -0.25) is 3.96 Å². The standard InChI is InChI=1S/C21H15N2S/c1-12-10-11-14-13-6-3-4-7-15(13)23-16-8-5-9-17-19(16)21(22(2)24-17)18(12)20(14)23/h3-11H,1-2H3/q+1. The van der Waals surface area contributed by atoms with Crippen molar-refractivity contribution in [2.45, 2.75) is 6.92 Å². The third-order valence-electron chi connectivity index (χ3n) is 5.31. The van der Waals surface area contributed by atoms with Gasteiger partial charge in [0.2, 0.25) is 16.6 Å². The maximum atomic E-state index is 2.47. The van der Waals surface area contributed by atoms with Crippen molar-refractivity contribution in [1.82, 2.24) is 3.96 Å². The van der Waals surface area contributed by atoms with E-state index in [1.54, 1.807) is 0 Å². The van der Waals surface area contributed by atoms with E-state index in [1.807, 2.05) is 11.5 Å². The molecule has 3 heteroatoms. The number of fused-ring (bicyclic) bond motifs is 5. The molecule has 0 unspecified atom stereocenters. The number of benzene rings is 3. The van der Waals surface area contributed by atoms with Crippen LogP contribution in [0.15, 0.2) is 54.6 Å². The third kappa shape index (κ3) is 1.28. The van der Waals surface area contributed by atoms with Gasteiger partial charge in [0.25, 0.3) is 0 Å². The summed E-state index contributed by atoms with van der Waals surface area (Å²) < 4.78 is 6.15. The summed E-state index contributed by atoms with van der Waals surface area (Å²) in [5.41, 5.74) is 6.67. The molecule has 2 nitrogen and oxygen atoms in total. The minimum absolute atomic E-state index is 1.30. The lowest BCUT2D eigenvalue weighted by atomic mass is 10.0. The van der Waals surface area contributed by atoms with Crippen LogP contribution in [-0.2, 0) is 7.05 Å². The van der Waals surface area contributed by atoms with Gasteiger partial charge in [0.15, 0.2) is 0 Å². The van der Waals surface area contributed by atoms with Gasteiger partial charge < -0.3 is 0 Å². The molecular weight excluding hydrogens is 312 g/mol. The Balaban J connectivity index is 2.18. The largest absolute Gasteiger partial charge is 0.299 e. The molecule has 3 aromatic carbocycles. The quantitative estimate of drug-likeness (QED) is 0.268. The van der Waals surface area contributed by atoms with Gasteiger partial charge in [-0.2, -0.15) is 4.40 Å². The zero-order valence-corrected chi connectivity index (χ0v) is 14.3. The summed E-state index contributed by atoms with van der Waals surface area (Å²) in [4.78, 5) is 0. The first-order valence-electron chi connectivity index (χ1n) is 8.21. The molecule has 0 N–H and O–H groups in total. The Labute approximate surface area is 142 Å². The van der Waals surface area contributed by atoms with E-state index in [1.165, 1.54) is 53.9 Å². The van der Waals surface area contributed by atoms with Gasteiger partial charge in [-0.15, -0.1) is 0 Å². The van der Waals surface area contributed by atoms with Crippen molar-refractivity contribution in [3.63, 3.8) is 0 Å². The van der Waals surface area contributed by atoms with E-state index in [2.05, 4.69) is 76.9 Å². The molecule has 0 saturated heterocycles. The Morgan fingerprint density at radius 3 is 2.58 bits per heavy atom. The molecule has 0 saturated carbocycles. The molecule has 0 spiro atoms. The number of para-hydroxylation sites is 1. The zero-order valence-electron chi connectivity index (χ0n) is 13.5. The predicted octanol–water partition coefficient (Wildman–Crippen LogP) is 5.18. The van der Waals surface area contributed by atoms with Gasteiger partial charge in [0.05, 0.1) is 31.8 Å². The fourth-order valence-electron chi connectivity index (χ4n) is 4.36. The maximum absolute atomic E-state index is 2.47. The van der Waals surface area contributed by atoms with Crippen LogP contribution in [0.5, 0.6) is 0 Å². The van der Waals surface area contributed by atoms with Crippen molar-refractivity contribution in [2.24, 2.45) is 7.05 Å². The molecule has 3 aromatic heterocycles. The lowest BCUT2D eigenvalue weighted by molar-refractivity contribution is -0.446. The van der Waals surface area contributed by atoms with Crippen molar-refractivity contribution < 1.29 is 4.40 Å². The normalized spacial score (nSPS) is 12.6. The highest BCUT2D eigenvalue weighted by atomic mass is 32.1.